The van der Waals surface area contributed by atoms with Gasteiger partial charge in [0, 0.05) is 32.7 Å². The second-order valence-electron chi connectivity index (χ2n) is 8.87. The molecule has 1 heterocycles. The zero-order chi connectivity index (χ0) is 19.3. The van der Waals surface area contributed by atoms with Crippen molar-refractivity contribution >= 4 is 15.8 Å². The molecule has 0 spiro atoms. The average Bonchev–Trinajstić information content (AvgIpc) is 2.48. The summed E-state index contributed by atoms with van der Waals surface area (Å²) in [5.41, 5.74) is 0.102. The van der Waals surface area contributed by atoms with Gasteiger partial charge in [-0.05, 0) is 39.0 Å². The number of rotatable bonds is 5. The summed E-state index contributed by atoms with van der Waals surface area (Å²) in [6.45, 7) is 13.8. The van der Waals surface area contributed by atoms with Gasteiger partial charge in [0.25, 0.3) is 0 Å². The molecule has 1 saturated heterocycles. The third kappa shape index (κ3) is 6.77. The van der Waals surface area contributed by atoms with Gasteiger partial charge >= 0.3 is 0 Å². The van der Waals surface area contributed by atoms with Crippen LogP contribution >= 0.6 is 0 Å². The highest BCUT2D eigenvalue weighted by Gasteiger charge is 2.35. The quantitative estimate of drug-likeness (QED) is 0.569. The minimum absolute atomic E-state index is 0.0916. The molecule has 0 bridgehead atoms. The lowest BCUT2D eigenvalue weighted by Gasteiger charge is -2.40. The normalized spacial score (nSPS) is 23.4. The Hall–Kier alpha value is -0.820. The van der Waals surface area contributed by atoms with Gasteiger partial charge in [-0.3, -0.25) is 4.99 Å². The van der Waals surface area contributed by atoms with E-state index in [9.17, 15) is 8.42 Å². The molecule has 2 unspecified atom stereocenters. The summed E-state index contributed by atoms with van der Waals surface area (Å²) in [5, 5.41) is 6.44. The number of sulfone groups is 1. The summed E-state index contributed by atoms with van der Waals surface area (Å²) in [6.07, 6.45) is 2.42. The van der Waals surface area contributed by atoms with Gasteiger partial charge in [-0.15, -0.1) is 0 Å². The van der Waals surface area contributed by atoms with Crippen LogP contribution in [-0.4, -0.2) is 57.7 Å². The smallest absolute Gasteiger partial charge is 0.191 e. The lowest BCUT2D eigenvalue weighted by molar-refractivity contribution is -0.0835. The molecular formula is C18H37N3O3S. The van der Waals surface area contributed by atoms with E-state index in [4.69, 9.17) is 4.74 Å². The van der Waals surface area contributed by atoms with Gasteiger partial charge in [0.15, 0.2) is 15.8 Å². The first-order chi connectivity index (χ1) is 11.4. The Labute approximate surface area is 154 Å². The van der Waals surface area contributed by atoms with Crippen molar-refractivity contribution in [2.45, 2.75) is 65.2 Å². The van der Waals surface area contributed by atoms with Gasteiger partial charge in [0.05, 0.1) is 16.6 Å². The zero-order valence-corrected chi connectivity index (χ0v) is 17.8. The average molecular weight is 376 g/mol. The molecule has 1 aliphatic heterocycles. The Kier molecular flexibility index (Phi) is 7.74. The van der Waals surface area contributed by atoms with Crippen LogP contribution in [0.3, 0.4) is 0 Å². The second kappa shape index (κ2) is 8.71. The molecule has 148 valence electrons. The van der Waals surface area contributed by atoms with E-state index in [2.05, 4.69) is 36.4 Å². The Balaban J connectivity index is 2.52. The van der Waals surface area contributed by atoms with Crippen molar-refractivity contribution < 1.29 is 13.2 Å². The number of hydrogen-bond acceptors (Lipinski definition) is 4. The van der Waals surface area contributed by atoms with Crippen LogP contribution in [0.1, 0.15) is 54.4 Å². The van der Waals surface area contributed by atoms with Crippen LogP contribution in [0.4, 0.5) is 0 Å². The summed E-state index contributed by atoms with van der Waals surface area (Å²) in [4.78, 5) is 4.20. The summed E-state index contributed by atoms with van der Waals surface area (Å²) in [5.74, 6) is 1.15. The van der Waals surface area contributed by atoms with Crippen molar-refractivity contribution in [2.75, 3.05) is 32.5 Å². The Morgan fingerprint density at radius 3 is 2.32 bits per heavy atom. The predicted molar refractivity (Wildman–Crippen MR) is 105 cm³/mol. The molecule has 0 amide bonds. The molecule has 0 saturated carbocycles. The van der Waals surface area contributed by atoms with Gasteiger partial charge in [-0.25, -0.2) is 8.42 Å². The largest absolute Gasteiger partial charge is 0.377 e. The molecule has 2 atom stereocenters. The lowest BCUT2D eigenvalue weighted by atomic mass is 9.78. The van der Waals surface area contributed by atoms with Crippen LogP contribution in [0.5, 0.6) is 0 Å². The summed E-state index contributed by atoms with van der Waals surface area (Å²) >= 11 is 0. The van der Waals surface area contributed by atoms with Crippen LogP contribution in [-0.2, 0) is 14.6 Å². The van der Waals surface area contributed by atoms with Crippen molar-refractivity contribution in [2.24, 2.45) is 16.3 Å². The SMILES string of the molecule is CN=C(NCCS(=O)(=O)C(C)(C)C)NCC1CCCOC1C(C)(C)C. The molecule has 0 aromatic carbocycles. The minimum Gasteiger partial charge on any atom is -0.377 e. The fourth-order valence-corrected chi connectivity index (χ4v) is 4.05. The Morgan fingerprint density at radius 1 is 1.16 bits per heavy atom. The first kappa shape index (κ1) is 22.2. The third-order valence-corrected chi connectivity index (χ3v) is 7.26. The van der Waals surface area contributed by atoms with E-state index < -0.39 is 14.6 Å². The van der Waals surface area contributed by atoms with E-state index in [1.165, 1.54) is 0 Å². The lowest BCUT2D eigenvalue weighted by Crippen LogP contribution is -2.48. The van der Waals surface area contributed by atoms with Crippen molar-refractivity contribution in [3.8, 4) is 0 Å². The first-order valence-electron chi connectivity index (χ1n) is 9.17. The highest BCUT2D eigenvalue weighted by molar-refractivity contribution is 7.92. The van der Waals surface area contributed by atoms with Crippen molar-refractivity contribution in [3.05, 3.63) is 0 Å². The molecule has 0 radical (unpaired) electrons. The molecule has 1 rings (SSSR count). The molecule has 1 fully saturated rings. The van der Waals surface area contributed by atoms with E-state index in [0.29, 0.717) is 18.4 Å². The molecule has 7 heteroatoms. The number of nitrogens with zero attached hydrogens (tertiary/aromatic N) is 1. The number of nitrogens with one attached hydrogen (secondary N) is 2. The predicted octanol–water partition coefficient (Wildman–Crippen LogP) is 2.21. The van der Waals surface area contributed by atoms with Gasteiger partial charge in [-0.1, -0.05) is 20.8 Å². The number of hydrogen-bond donors (Lipinski definition) is 2. The van der Waals surface area contributed by atoms with Crippen molar-refractivity contribution in [1.29, 1.82) is 0 Å². The van der Waals surface area contributed by atoms with E-state index in [1.807, 2.05) is 0 Å². The summed E-state index contributed by atoms with van der Waals surface area (Å²) in [6, 6.07) is 0. The highest BCUT2D eigenvalue weighted by Crippen LogP contribution is 2.33. The number of aliphatic imine (C=N–C) groups is 1. The topological polar surface area (TPSA) is 79.8 Å². The Bertz CT molecular complexity index is 545. The van der Waals surface area contributed by atoms with Gasteiger partial charge in [0.1, 0.15) is 0 Å². The molecule has 2 N–H and O–H groups in total. The first-order valence-corrected chi connectivity index (χ1v) is 10.8. The van der Waals surface area contributed by atoms with E-state index >= 15 is 0 Å². The highest BCUT2D eigenvalue weighted by atomic mass is 32.2. The van der Waals surface area contributed by atoms with Gasteiger partial charge < -0.3 is 15.4 Å². The van der Waals surface area contributed by atoms with Crippen molar-refractivity contribution in [3.63, 3.8) is 0 Å². The Morgan fingerprint density at radius 2 is 1.80 bits per heavy atom. The van der Waals surface area contributed by atoms with Crippen LogP contribution in [0, 0.1) is 11.3 Å². The zero-order valence-electron chi connectivity index (χ0n) is 17.0. The van der Waals surface area contributed by atoms with E-state index in [1.54, 1.807) is 27.8 Å². The van der Waals surface area contributed by atoms with Crippen LogP contribution in [0.2, 0.25) is 0 Å². The molecule has 6 nitrogen and oxygen atoms in total. The number of ether oxygens (including phenoxy) is 1. The molecule has 0 aromatic heterocycles. The standard InChI is InChI=1S/C18H37N3O3S/c1-17(2,3)15-14(9-8-11-24-15)13-21-16(19-7)20-10-12-25(22,23)18(4,5)6/h14-15H,8-13H2,1-7H3,(H2,19,20,21). The van der Waals surface area contributed by atoms with E-state index in [0.717, 1.165) is 26.0 Å². The molecule has 0 aliphatic carbocycles. The third-order valence-electron chi connectivity index (χ3n) is 4.65. The maximum atomic E-state index is 12.2. The van der Waals surface area contributed by atoms with Crippen LogP contribution in [0.15, 0.2) is 4.99 Å². The van der Waals surface area contributed by atoms with Gasteiger partial charge in [0.2, 0.25) is 0 Å². The maximum Gasteiger partial charge on any atom is 0.191 e. The van der Waals surface area contributed by atoms with Gasteiger partial charge in [-0.2, -0.15) is 0 Å². The maximum absolute atomic E-state index is 12.2. The molecule has 25 heavy (non-hydrogen) atoms. The number of guanidine groups is 1. The van der Waals surface area contributed by atoms with Crippen molar-refractivity contribution in [1.82, 2.24) is 10.6 Å². The molecular weight excluding hydrogens is 338 g/mol. The minimum atomic E-state index is -3.13. The van der Waals surface area contributed by atoms with E-state index in [-0.39, 0.29) is 17.3 Å². The molecule has 0 aromatic rings. The fraction of sp³-hybridized carbons (Fsp3) is 0.944. The summed E-state index contributed by atoms with van der Waals surface area (Å²) in [7, 11) is -1.43. The molecule has 1 aliphatic rings. The van der Waals surface area contributed by atoms with Crippen LogP contribution in [0.25, 0.3) is 0 Å². The fourth-order valence-electron chi connectivity index (χ4n) is 3.07. The summed E-state index contributed by atoms with van der Waals surface area (Å²) < 4.78 is 29.6. The second-order valence-corrected chi connectivity index (χ2v) is 11.7. The monoisotopic (exact) mass is 375 g/mol. The van der Waals surface area contributed by atoms with Crippen LogP contribution < -0.4 is 10.6 Å².